The Labute approximate surface area is 104 Å². The van der Waals surface area contributed by atoms with Crippen molar-refractivity contribution in [2.75, 3.05) is 0 Å². The van der Waals surface area contributed by atoms with Crippen molar-refractivity contribution in [3.05, 3.63) is 34.4 Å². The standard InChI is InChI=1S/C11H13ClN4O/c1-4-16-10(9(12)6-14-16)11(17)8-5-13-15(3)7(8)2/h5-6H,4H2,1-3H3. The SMILES string of the molecule is CCn1ncc(Cl)c1C(=O)c1cnn(C)c1C. The molecule has 0 bridgehead atoms. The zero-order chi connectivity index (χ0) is 12.6. The van der Waals surface area contributed by atoms with Crippen LogP contribution >= 0.6 is 11.6 Å². The van der Waals surface area contributed by atoms with E-state index >= 15 is 0 Å². The van der Waals surface area contributed by atoms with Gasteiger partial charge in [-0.1, -0.05) is 11.6 Å². The van der Waals surface area contributed by atoms with Gasteiger partial charge in [-0.15, -0.1) is 0 Å². The summed E-state index contributed by atoms with van der Waals surface area (Å²) in [6, 6.07) is 0. The lowest BCUT2D eigenvalue weighted by Gasteiger charge is -2.04. The Morgan fingerprint density at radius 2 is 2.12 bits per heavy atom. The van der Waals surface area contributed by atoms with E-state index in [1.807, 2.05) is 13.8 Å². The van der Waals surface area contributed by atoms with Crippen LogP contribution in [0.2, 0.25) is 5.02 Å². The predicted molar refractivity (Wildman–Crippen MR) is 64.3 cm³/mol. The first kappa shape index (κ1) is 11.9. The molecule has 0 spiro atoms. The van der Waals surface area contributed by atoms with Gasteiger partial charge in [-0.25, -0.2) is 0 Å². The van der Waals surface area contributed by atoms with Gasteiger partial charge in [0.25, 0.3) is 0 Å². The van der Waals surface area contributed by atoms with Crippen LogP contribution < -0.4 is 0 Å². The summed E-state index contributed by atoms with van der Waals surface area (Å²) in [7, 11) is 1.80. The van der Waals surface area contributed by atoms with Crippen LogP contribution in [0.15, 0.2) is 12.4 Å². The first-order chi connectivity index (χ1) is 8.06. The zero-order valence-corrected chi connectivity index (χ0v) is 10.7. The number of rotatable bonds is 3. The van der Waals surface area contributed by atoms with Gasteiger partial charge in [-0.2, -0.15) is 10.2 Å². The van der Waals surface area contributed by atoms with Crippen molar-refractivity contribution in [3.8, 4) is 0 Å². The molecule has 2 heterocycles. The summed E-state index contributed by atoms with van der Waals surface area (Å²) in [5.74, 6) is -0.139. The van der Waals surface area contributed by atoms with Crippen LogP contribution in [-0.4, -0.2) is 25.3 Å². The molecule has 0 unspecified atom stereocenters. The van der Waals surface area contributed by atoms with Crippen molar-refractivity contribution in [3.63, 3.8) is 0 Å². The van der Waals surface area contributed by atoms with E-state index in [2.05, 4.69) is 10.2 Å². The minimum Gasteiger partial charge on any atom is -0.287 e. The molecule has 0 saturated carbocycles. The lowest BCUT2D eigenvalue weighted by atomic mass is 10.1. The molecule has 2 aromatic rings. The number of hydrogen-bond donors (Lipinski definition) is 0. The second-order valence-corrected chi connectivity index (χ2v) is 4.16. The van der Waals surface area contributed by atoms with Gasteiger partial charge < -0.3 is 0 Å². The average molecular weight is 253 g/mol. The maximum Gasteiger partial charge on any atom is 0.215 e. The fourth-order valence-corrected chi connectivity index (χ4v) is 1.90. The maximum atomic E-state index is 12.3. The van der Waals surface area contributed by atoms with Crippen molar-refractivity contribution >= 4 is 17.4 Å². The molecule has 0 amide bonds. The fourth-order valence-electron chi connectivity index (χ4n) is 1.68. The van der Waals surface area contributed by atoms with Crippen molar-refractivity contribution in [2.45, 2.75) is 20.4 Å². The van der Waals surface area contributed by atoms with Gasteiger partial charge >= 0.3 is 0 Å². The first-order valence-electron chi connectivity index (χ1n) is 5.30. The zero-order valence-electron chi connectivity index (χ0n) is 9.94. The Bertz CT molecular complexity index is 570. The first-order valence-corrected chi connectivity index (χ1v) is 5.68. The van der Waals surface area contributed by atoms with Gasteiger partial charge in [0.1, 0.15) is 5.69 Å². The summed E-state index contributed by atoms with van der Waals surface area (Å²) >= 11 is 6.00. The highest BCUT2D eigenvalue weighted by Gasteiger charge is 2.21. The molecule has 0 atom stereocenters. The highest BCUT2D eigenvalue weighted by Crippen LogP contribution is 2.20. The largest absolute Gasteiger partial charge is 0.287 e. The van der Waals surface area contributed by atoms with Crippen molar-refractivity contribution in [1.82, 2.24) is 19.6 Å². The van der Waals surface area contributed by atoms with Crippen LogP contribution in [-0.2, 0) is 13.6 Å². The van der Waals surface area contributed by atoms with Crippen LogP contribution in [0.5, 0.6) is 0 Å². The van der Waals surface area contributed by atoms with E-state index in [4.69, 9.17) is 11.6 Å². The summed E-state index contributed by atoms with van der Waals surface area (Å²) < 4.78 is 3.25. The third-order valence-corrected chi connectivity index (χ3v) is 3.07. The minimum absolute atomic E-state index is 0.139. The van der Waals surface area contributed by atoms with Gasteiger partial charge in [0.05, 0.1) is 23.0 Å². The summed E-state index contributed by atoms with van der Waals surface area (Å²) in [4.78, 5) is 12.3. The quantitative estimate of drug-likeness (QED) is 0.783. The van der Waals surface area contributed by atoms with Crippen molar-refractivity contribution < 1.29 is 4.79 Å². The second kappa shape index (κ2) is 4.33. The third-order valence-electron chi connectivity index (χ3n) is 2.79. The minimum atomic E-state index is -0.139. The Morgan fingerprint density at radius 1 is 1.41 bits per heavy atom. The molecule has 2 rings (SSSR count). The summed E-state index contributed by atoms with van der Waals surface area (Å²) in [6.45, 7) is 4.37. The molecule has 0 N–H and O–H groups in total. The molecular formula is C11H13ClN4O. The topological polar surface area (TPSA) is 52.7 Å². The summed E-state index contributed by atoms with van der Waals surface area (Å²) in [5, 5.41) is 8.48. The number of aromatic nitrogens is 4. The van der Waals surface area contributed by atoms with Crippen LogP contribution in [0, 0.1) is 6.92 Å². The van der Waals surface area contributed by atoms with E-state index in [0.29, 0.717) is 22.8 Å². The number of carbonyl (C=O) groups is 1. The molecule has 17 heavy (non-hydrogen) atoms. The lowest BCUT2D eigenvalue weighted by molar-refractivity contribution is 0.102. The monoisotopic (exact) mass is 252 g/mol. The van der Waals surface area contributed by atoms with Crippen LogP contribution in [0.3, 0.4) is 0 Å². The number of hydrogen-bond acceptors (Lipinski definition) is 3. The summed E-state index contributed by atoms with van der Waals surface area (Å²) in [6.07, 6.45) is 3.05. The van der Waals surface area contributed by atoms with E-state index in [0.717, 1.165) is 5.69 Å². The third kappa shape index (κ3) is 1.86. The number of nitrogens with zero attached hydrogens (tertiary/aromatic N) is 4. The molecule has 90 valence electrons. The Balaban J connectivity index is 2.51. The maximum absolute atomic E-state index is 12.3. The van der Waals surface area contributed by atoms with Crippen LogP contribution in [0.25, 0.3) is 0 Å². The highest BCUT2D eigenvalue weighted by atomic mass is 35.5. The van der Waals surface area contributed by atoms with Crippen LogP contribution in [0.1, 0.15) is 28.7 Å². The number of halogens is 1. The van der Waals surface area contributed by atoms with Gasteiger partial charge in [-0.3, -0.25) is 14.2 Å². The van der Waals surface area contributed by atoms with Crippen molar-refractivity contribution in [2.24, 2.45) is 7.05 Å². The normalized spacial score (nSPS) is 10.8. The molecule has 0 aliphatic rings. The molecule has 5 nitrogen and oxygen atoms in total. The molecule has 0 aliphatic heterocycles. The Kier molecular flexibility index (Phi) is 3.02. The lowest BCUT2D eigenvalue weighted by Crippen LogP contribution is -2.12. The van der Waals surface area contributed by atoms with Crippen LogP contribution in [0.4, 0.5) is 0 Å². The Hall–Kier alpha value is -1.62. The summed E-state index contributed by atoms with van der Waals surface area (Å²) in [5.41, 5.74) is 1.80. The number of ketones is 1. The molecule has 0 aromatic carbocycles. The van der Waals surface area contributed by atoms with E-state index in [-0.39, 0.29) is 5.78 Å². The number of aryl methyl sites for hydroxylation is 2. The average Bonchev–Trinajstić information content (AvgIpc) is 2.83. The molecule has 0 radical (unpaired) electrons. The fraction of sp³-hybridized carbons (Fsp3) is 0.364. The molecule has 6 heteroatoms. The van der Waals surface area contributed by atoms with E-state index in [1.165, 1.54) is 6.20 Å². The molecule has 2 aromatic heterocycles. The highest BCUT2D eigenvalue weighted by molar-refractivity contribution is 6.34. The second-order valence-electron chi connectivity index (χ2n) is 3.75. The van der Waals surface area contributed by atoms with Crippen molar-refractivity contribution in [1.29, 1.82) is 0 Å². The van der Waals surface area contributed by atoms with Gasteiger partial charge in [0, 0.05) is 19.3 Å². The van der Waals surface area contributed by atoms with E-state index < -0.39 is 0 Å². The Morgan fingerprint density at radius 3 is 2.65 bits per heavy atom. The predicted octanol–water partition coefficient (Wildman–Crippen LogP) is 1.83. The smallest absolute Gasteiger partial charge is 0.215 e. The van der Waals surface area contributed by atoms with Gasteiger partial charge in [0.2, 0.25) is 5.78 Å². The van der Waals surface area contributed by atoms with E-state index in [9.17, 15) is 4.79 Å². The van der Waals surface area contributed by atoms with E-state index in [1.54, 1.807) is 22.6 Å². The molecular weight excluding hydrogens is 240 g/mol. The van der Waals surface area contributed by atoms with Gasteiger partial charge in [-0.05, 0) is 13.8 Å². The van der Waals surface area contributed by atoms with Gasteiger partial charge in [0.15, 0.2) is 0 Å². The molecule has 0 saturated heterocycles. The molecule has 0 fully saturated rings. The number of carbonyl (C=O) groups excluding carboxylic acids is 1. The molecule has 0 aliphatic carbocycles.